The Kier molecular flexibility index (Phi) is 1.36. The molecule has 0 aliphatic heterocycles. The molecule has 0 atom stereocenters. The Balaban J connectivity index is 3.17. The van der Waals surface area contributed by atoms with Crippen LogP contribution in [0.25, 0.3) is 0 Å². The van der Waals surface area contributed by atoms with Crippen molar-refractivity contribution in [2.75, 3.05) is 0 Å². The highest BCUT2D eigenvalue weighted by Gasteiger charge is 1.98. The van der Waals surface area contributed by atoms with Crippen molar-refractivity contribution in [3.8, 4) is 0 Å². The van der Waals surface area contributed by atoms with Crippen LogP contribution in [0.3, 0.4) is 0 Å². The SMILES string of the molecule is [CH2+]CC([CH2+])([CH2-])[O-]. The lowest BCUT2D eigenvalue weighted by Gasteiger charge is -2.24. The zero-order chi connectivity index (χ0) is 5.21. The van der Waals surface area contributed by atoms with Crippen LogP contribution >= 0.6 is 0 Å². The zero-order valence-electron chi connectivity index (χ0n) is 3.74. The molecule has 0 spiro atoms. The van der Waals surface area contributed by atoms with Crippen LogP contribution in [0.1, 0.15) is 6.42 Å². The van der Waals surface area contributed by atoms with Crippen molar-refractivity contribution in [1.82, 2.24) is 0 Å². The predicted molar refractivity (Wildman–Crippen MR) is 23.4 cm³/mol. The first-order valence-electron chi connectivity index (χ1n) is 1.76. The summed E-state index contributed by atoms with van der Waals surface area (Å²) in [6.45, 7) is 9.64. The molecule has 0 amide bonds. The summed E-state index contributed by atoms with van der Waals surface area (Å²) in [6.07, 6.45) is 0.243. The molecule has 0 saturated heterocycles. The van der Waals surface area contributed by atoms with Crippen LogP contribution in [-0.4, -0.2) is 5.60 Å². The fourth-order valence-electron chi connectivity index (χ4n) is 0. The molecule has 0 bridgehead atoms. The summed E-state index contributed by atoms with van der Waals surface area (Å²) >= 11 is 0. The fraction of sp³-hybridized carbons (Fsp3) is 0.400. The summed E-state index contributed by atoms with van der Waals surface area (Å²) in [4.78, 5) is 0. The molecule has 0 rings (SSSR count). The van der Waals surface area contributed by atoms with Gasteiger partial charge in [0.2, 0.25) is 0 Å². The van der Waals surface area contributed by atoms with Crippen LogP contribution in [0.5, 0.6) is 0 Å². The molecule has 0 fully saturated rings. The van der Waals surface area contributed by atoms with E-state index >= 15 is 0 Å². The van der Waals surface area contributed by atoms with Crippen molar-refractivity contribution < 1.29 is 5.11 Å². The minimum atomic E-state index is -1.32. The first-order valence-corrected chi connectivity index (χ1v) is 1.76. The fourth-order valence-corrected chi connectivity index (χ4v) is 0. The molecule has 0 heterocycles. The van der Waals surface area contributed by atoms with Gasteiger partial charge in [0.25, 0.3) is 0 Å². The van der Waals surface area contributed by atoms with E-state index in [9.17, 15) is 5.11 Å². The van der Waals surface area contributed by atoms with Gasteiger partial charge in [-0.3, -0.25) is 0 Å². The van der Waals surface area contributed by atoms with Crippen LogP contribution in [0.2, 0.25) is 0 Å². The number of rotatable bonds is 1. The van der Waals surface area contributed by atoms with Crippen LogP contribution in [-0.2, 0) is 0 Å². The Morgan fingerprint density at radius 1 is 1.83 bits per heavy atom. The van der Waals surface area contributed by atoms with E-state index in [1.165, 1.54) is 0 Å². The first-order chi connectivity index (χ1) is 2.56. The molecule has 1 nitrogen and oxygen atoms in total. The monoisotopic (exact) mass is 84.1 g/mol. The molecule has 0 saturated carbocycles. The second kappa shape index (κ2) is 1.43. The Labute approximate surface area is 39.0 Å². The first kappa shape index (κ1) is 5.70. The molecule has 0 N–H and O–H groups in total. The maximum Gasteiger partial charge on any atom is 0.0869 e. The highest BCUT2D eigenvalue weighted by molar-refractivity contribution is 4.81. The topological polar surface area (TPSA) is 23.1 Å². The summed E-state index contributed by atoms with van der Waals surface area (Å²) in [6, 6.07) is 0. The van der Waals surface area contributed by atoms with E-state index in [2.05, 4.69) is 20.8 Å². The van der Waals surface area contributed by atoms with Gasteiger partial charge in [-0.25, -0.2) is 0 Å². The van der Waals surface area contributed by atoms with Gasteiger partial charge in [0, 0.05) is 6.92 Å². The van der Waals surface area contributed by atoms with Gasteiger partial charge in [-0.15, -0.1) is 0 Å². The molecule has 1 heteroatoms. The molecule has 0 aromatic carbocycles. The third kappa shape index (κ3) is 3.70. The van der Waals surface area contributed by atoms with Crippen molar-refractivity contribution in [2.24, 2.45) is 0 Å². The quantitative estimate of drug-likeness (QED) is 0.409. The smallest absolute Gasteiger partial charge is 0.0869 e. The van der Waals surface area contributed by atoms with Crippen molar-refractivity contribution >= 4 is 0 Å². The van der Waals surface area contributed by atoms with Gasteiger partial charge in [0.15, 0.2) is 0 Å². The highest BCUT2D eigenvalue weighted by Crippen LogP contribution is 1.96. The van der Waals surface area contributed by atoms with E-state index in [1.807, 2.05) is 0 Å². The van der Waals surface area contributed by atoms with Crippen LogP contribution < -0.4 is 5.11 Å². The van der Waals surface area contributed by atoms with Crippen LogP contribution in [0, 0.1) is 20.8 Å². The van der Waals surface area contributed by atoms with Crippen LogP contribution in [0.15, 0.2) is 0 Å². The normalized spacial score (nSPS) is 19.7. The van der Waals surface area contributed by atoms with E-state index in [-0.39, 0.29) is 6.42 Å². The lowest BCUT2D eigenvalue weighted by atomic mass is 10.1. The maximum absolute atomic E-state index is 10.2. The minimum absolute atomic E-state index is 0.243. The van der Waals surface area contributed by atoms with Crippen molar-refractivity contribution in [3.63, 3.8) is 0 Å². The highest BCUT2D eigenvalue weighted by atomic mass is 16.3. The van der Waals surface area contributed by atoms with E-state index in [4.69, 9.17) is 0 Å². The lowest BCUT2D eigenvalue weighted by molar-refractivity contribution is -0.442. The molecule has 0 aromatic heterocycles. The second-order valence-corrected chi connectivity index (χ2v) is 1.43. The summed E-state index contributed by atoms with van der Waals surface area (Å²) in [5.74, 6) is 0. The second-order valence-electron chi connectivity index (χ2n) is 1.43. The average molecular weight is 84.1 g/mol. The van der Waals surface area contributed by atoms with Gasteiger partial charge in [-0.2, -0.15) is 0 Å². The van der Waals surface area contributed by atoms with Crippen molar-refractivity contribution in [2.45, 2.75) is 12.0 Å². The molecule has 0 aliphatic carbocycles. The minimum Gasteiger partial charge on any atom is -0.836 e. The van der Waals surface area contributed by atoms with E-state index < -0.39 is 5.60 Å². The molecule has 0 aliphatic rings. The molecular formula is C5H8O. The third-order valence-electron chi connectivity index (χ3n) is 0.456. The van der Waals surface area contributed by atoms with Crippen molar-refractivity contribution in [1.29, 1.82) is 0 Å². The zero-order valence-corrected chi connectivity index (χ0v) is 3.74. The van der Waals surface area contributed by atoms with Gasteiger partial charge < -0.3 is 12.0 Å². The van der Waals surface area contributed by atoms with E-state index in [0.717, 1.165) is 0 Å². The summed E-state index contributed by atoms with van der Waals surface area (Å²) in [5.41, 5.74) is -1.32. The number of hydrogen-bond donors (Lipinski definition) is 0. The molecule has 6 heavy (non-hydrogen) atoms. The third-order valence-corrected chi connectivity index (χ3v) is 0.456. The van der Waals surface area contributed by atoms with Gasteiger partial charge in [0.1, 0.15) is 0 Å². The molecule has 0 unspecified atom stereocenters. The maximum atomic E-state index is 10.2. The largest absolute Gasteiger partial charge is 0.836 e. The summed E-state index contributed by atoms with van der Waals surface area (Å²) in [7, 11) is 0. The Hall–Kier alpha value is -0.300. The molecule has 34 valence electrons. The van der Waals surface area contributed by atoms with E-state index in [0.29, 0.717) is 0 Å². The van der Waals surface area contributed by atoms with Gasteiger partial charge in [-0.1, -0.05) is 5.60 Å². The molecule has 0 aromatic rings. The van der Waals surface area contributed by atoms with Gasteiger partial charge in [0.05, 0.1) is 13.3 Å². The summed E-state index contributed by atoms with van der Waals surface area (Å²) < 4.78 is 0. The van der Waals surface area contributed by atoms with Crippen molar-refractivity contribution in [3.05, 3.63) is 20.8 Å². The Bertz CT molecular complexity index is 33.7. The van der Waals surface area contributed by atoms with E-state index in [1.54, 1.807) is 0 Å². The molecular weight excluding hydrogens is 76.1 g/mol. The molecule has 0 radical (unpaired) electrons. The Morgan fingerprint density at radius 3 is 2.00 bits per heavy atom. The Morgan fingerprint density at radius 2 is 2.00 bits per heavy atom. The number of hydrogen-bond acceptors (Lipinski definition) is 1. The van der Waals surface area contributed by atoms with Crippen LogP contribution in [0.4, 0.5) is 0 Å². The van der Waals surface area contributed by atoms with Gasteiger partial charge >= 0.3 is 0 Å². The average Bonchev–Trinajstić information content (AvgIpc) is 1.35. The predicted octanol–water partition coefficient (Wildman–Crippen LogP) is -0.0221. The van der Waals surface area contributed by atoms with Gasteiger partial charge in [-0.05, 0) is 0 Å². The summed E-state index contributed by atoms with van der Waals surface area (Å²) in [5, 5.41) is 10.2. The standard InChI is InChI=1S/C5H8O/c1-4-5(2,3)6/h1-4H2. The lowest BCUT2D eigenvalue weighted by Crippen LogP contribution is -2.36.